The number of benzene rings is 1. The molecule has 0 atom stereocenters. The summed E-state index contributed by atoms with van der Waals surface area (Å²) in [6.45, 7) is 0.127. The number of rotatable bonds is 5. The molecular formula is C11H12N4O3. The number of carbonyl (C=O) groups is 1. The Bertz CT molecular complexity index is 496. The first kappa shape index (κ1) is 11.9. The number of nitrogens with two attached hydrogens (primary N) is 1. The minimum Gasteiger partial charge on any atom is -0.484 e. The van der Waals surface area contributed by atoms with Crippen LogP contribution in [0.25, 0.3) is 0 Å². The lowest BCUT2D eigenvalue weighted by molar-refractivity contribution is -0.123. The van der Waals surface area contributed by atoms with Crippen molar-refractivity contribution in [3.8, 4) is 5.75 Å². The van der Waals surface area contributed by atoms with Crippen molar-refractivity contribution in [2.45, 2.75) is 6.54 Å². The maximum absolute atomic E-state index is 11.4. The van der Waals surface area contributed by atoms with Crippen molar-refractivity contribution in [1.82, 2.24) is 15.5 Å². The Morgan fingerprint density at radius 3 is 2.83 bits per heavy atom. The quantitative estimate of drug-likeness (QED) is 0.740. The van der Waals surface area contributed by atoms with E-state index in [2.05, 4.69) is 20.0 Å². The zero-order chi connectivity index (χ0) is 12.8. The molecule has 2 rings (SSSR count). The summed E-state index contributed by atoms with van der Waals surface area (Å²) in [7, 11) is 0. The Morgan fingerprint density at radius 2 is 2.17 bits per heavy atom. The molecule has 0 aliphatic heterocycles. The summed E-state index contributed by atoms with van der Waals surface area (Å²) in [5, 5.41) is 6.15. The first-order valence-corrected chi connectivity index (χ1v) is 5.24. The van der Waals surface area contributed by atoms with E-state index in [1.165, 1.54) is 6.39 Å². The fourth-order valence-electron chi connectivity index (χ4n) is 1.21. The average molecular weight is 248 g/mol. The Morgan fingerprint density at radius 1 is 1.39 bits per heavy atom. The molecule has 0 fully saturated rings. The fourth-order valence-corrected chi connectivity index (χ4v) is 1.21. The number of nitrogen functional groups attached to an aromatic ring is 1. The van der Waals surface area contributed by atoms with Gasteiger partial charge in [0.2, 0.25) is 6.39 Å². The molecule has 0 aliphatic rings. The molecule has 1 amide bonds. The zero-order valence-electron chi connectivity index (χ0n) is 9.50. The van der Waals surface area contributed by atoms with Crippen molar-refractivity contribution in [3.63, 3.8) is 0 Å². The lowest BCUT2D eigenvalue weighted by Crippen LogP contribution is -2.28. The molecule has 0 spiro atoms. The monoisotopic (exact) mass is 248 g/mol. The smallest absolute Gasteiger partial charge is 0.258 e. The van der Waals surface area contributed by atoms with E-state index in [1.54, 1.807) is 24.3 Å². The van der Waals surface area contributed by atoms with Crippen LogP contribution >= 0.6 is 0 Å². The molecule has 2 aromatic rings. The van der Waals surface area contributed by atoms with E-state index in [9.17, 15) is 4.79 Å². The molecule has 3 N–H and O–H groups in total. The molecule has 1 aromatic carbocycles. The third-order valence-corrected chi connectivity index (χ3v) is 2.10. The summed E-state index contributed by atoms with van der Waals surface area (Å²) in [5.41, 5.74) is 6.17. The van der Waals surface area contributed by atoms with Gasteiger partial charge in [-0.1, -0.05) is 5.16 Å². The zero-order valence-corrected chi connectivity index (χ0v) is 9.50. The van der Waals surface area contributed by atoms with Gasteiger partial charge in [0.1, 0.15) is 5.75 Å². The van der Waals surface area contributed by atoms with Crippen LogP contribution in [0.3, 0.4) is 0 Å². The highest BCUT2D eigenvalue weighted by Crippen LogP contribution is 2.12. The van der Waals surface area contributed by atoms with E-state index in [0.29, 0.717) is 17.3 Å². The normalized spacial score (nSPS) is 10.0. The van der Waals surface area contributed by atoms with Crippen LogP contribution in [-0.4, -0.2) is 22.7 Å². The molecule has 18 heavy (non-hydrogen) atoms. The molecular weight excluding hydrogens is 236 g/mol. The second-order valence-corrected chi connectivity index (χ2v) is 3.48. The summed E-state index contributed by atoms with van der Waals surface area (Å²) in [6, 6.07) is 6.79. The standard InChI is InChI=1S/C11H12N4O3/c12-8-1-3-9(4-2-8)17-6-11(16)13-5-10-14-7-18-15-10/h1-4,7H,5-6,12H2,(H,13,16). The number of nitrogens with zero attached hydrogens (tertiary/aromatic N) is 2. The lowest BCUT2D eigenvalue weighted by atomic mass is 10.3. The van der Waals surface area contributed by atoms with E-state index < -0.39 is 0 Å². The van der Waals surface area contributed by atoms with Gasteiger partial charge in [0, 0.05) is 5.69 Å². The summed E-state index contributed by atoms with van der Waals surface area (Å²) in [5.74, 6) is 0.728. The van der Waals surface area contributed by atoms with Crippen molar-refractivity contribution in [2.24, 2.45) is 0 Å². The summed E-state index contributed by atoms with van der Waals surface area (Å²) in [6.07, 6.45) is 1.20. The van der Waals surface area contributed by atoms with Crippen LogP contribution in [0.4, 0.5) is 5.69 Å². The Balaban J connectivity index is 1.73. The van der Waals surface area contributed by atoms with Crippen LogP contribution in [-0.2, 0) is 11.3 Å². The van der Waals surface area contributed by atoms with Gasteiger partial charge in [-0.05, 0) is 24.3 Å². The molecule has 0 unspecified atom stereocenters. The van der Waals surface area contributed by atoms with Gasteiger partial charge >= 0.3 is 0 Å². The second kappa shape index (κ2) is 5.67. The fraction of sp³-hybridized carbons (Fsp3) is 0.182. The van der Waals surface area contributed by atoms with Gasteiger partial charge in [0.05, 0.1) is 6.54 Å². The minimum atomic E-state index is -0.267. The van der Waals surface area contributed by atoms with Gasteiger partial charge in [-0.3, -0.25) is 4.79 Å². The molecule has 0 radical (unpaired) electrons. The van der Waals surface area contributed by atoms with E-state index >= 15 is 0 Å². The highest BCUT2D eigenvalue weighted by atomic mass is 16.5. The maximum atomic E-state index is 11.4. The van der Waals surface area contributed by atoms with E-state index in [0.717, 1.165) is 0 Å². The van der Waals surface area contributed by atoms with Crippen molar-refractivity contribution in [2.75, 3.05) is 12.3 Å². The van der Waals surface area contributed by atoms with Crippen LogP contribution < -0.4 is 15.8 Å². The van der Waals surface area contributed by atoms with Crippen LogP contribution in [0.15, 0.2) is 35.2 Å². The third-order valence-electron chi connectivity index (χ3n) is 2.10. The number of carbonyl (C=O) groups excluding carboxylic acids is 1. The molecule has 0 saturated heterocycles. The highest BCUT2D eigenvalue weighted by molar-refractivity contribution is 5.77. The summed E-state index contributed by atoms with van der Waals surface area (Å²) in [4.78, 5) is 15.2. The van der Waals surface area contributed by atoms with Crippen molar-refractivity contribution >= 4 is 11.6 Å². The molecule has 0 aliphatic carbocycles. The Labute approximate surface area is 103 Å². The Hall–Kier alpha value is -2.57. The number of hydrogen-bond donors (Lipinski definition) is 2. The largest absolute Gasteiger partial charge is 0.484 e. The van der Waals surface area contributed by atoms with Crippen molar-refractivity contribution in [1.29, 1.82) is 0 Å². The van der Waals surface area contributed by atoms with Crippen molar-refractivity contribution in [3.05, 3.63) is 36.5 Å². The van der Waals surface area contributed by atoms with Gasteiger partial charge in [-0.15, -0.1) is 0 Å². The Kier molecular flexibility index (Phi) is 3.75. The molecule has 0 saturated carbocycles. The molecule has 1 aromatic heterocycles. The number of ether oxygens (including phenoxy) is 1. The first-order valence-electron chi connectivity index (χ1n) is 5.24. The summed E-state index contributed by atoms with van der Waals surface area (Å²) < 4.78 is 9.79. The molecule has 7 nitrogen and oxygen atoms in total. The lowest BCUT2D eigenvalue weighted by Gasteiger charge is -2.06. The first-order chi connectivity index (χ1) is 8.74. The van der Waals surface area contributed by atoms with Crippen LogP contribution in [0.1, 0.15) is 5.82 Å². The van der Waals surface area contributed by atoms with Gasteiger partial charge in [0.15, 0.2) is 12.4 Å². The number of anilines is 1. The van der Waals surface area contributed by atoms with E-state index in [4.69, 9.17) is 10.5 Å². The topological polar surface area (TPSA) is 103 Å². The third kappa shape index (κ3) is 3.48. The maximum Gasteiger partial charge on any atom is 0.258 e. The predicted octanol–water partition coefficient (Wildman–Crippen LogP) is 0.347. The second-order valence-electron chi connectivity index (χ2n) is 3.48. The van der Waals surface area contributed by atoms with E-state index in [1.807, 2.05) is 0 Å². The van der Waals surface area contributed by atoms with Crippen LogP contribution in [0, 0.1) is 0 Å². The van der Waals surface area contributed by atoms with Crippen molar-refractivity contribution < 1.29 is 14.1 Å². The number of hydrogen-bond acceptors (Lipinski definition) is 6. The minimum absolute atomic E-state index is 0.0816. The van der Waals surface area contributed by atoms with Gasteiger partial charge in [0.25, 0.3) is 5.91 Å². The van der Waals surface area contributed by atoms with Gasteiger partial charge < -0.3 is 20.3 Å². The number of nitrogens with one attached hydrogen (secondary N) is 1. The average Bonchev–Trinajstić information content (AvgIpc) is 2.89. The number of aromatic nitrogens is 2. The van der Waals surface area contributed by atoms with Crippen LogP contribution in [0.5, 0.6) is 5.75 Å². The van der Waals surface area contributed by atoms with Crippen LogP contribution in [0.2, 0.25) is 0 Å². The molecule has 0 bridgehead atoms. The molecule has 1 heterocycles. The molecule has 7 heteroatoms. The predicted molar refractivity (Wildman–Crippen MR) is 62.5 cm³/mol. The highest BCUT2D eigenvalue weighted by Gasteiger charge is 2.04. The van der Waals surface area contributed by atoms with E-state index in [-0.39, 0.29) is 19.1 Å². The SMILES string of the molecule is Nc1ccc(OCC(=O)NCc2ncon2)cc1. The van der Waals surface area contributed by atoms with Gasteiger partial charge in [-0.25, -0.2) is 0 Å². The van der Waals surface area contributed by atoms with Gasteiger partial charge in [-0.2, -0.15) is 4.98 Å². The molecule has 94 valence electrons. The number of amides is 1. The summed E-state index contributed by atoms with van der Waals surface area (Å²) >= 11 is 0.